The van der Waals surface area contributed by atoms with Gasteiger partial charge in [0, 0.05) is 24.8 Å². The number of benzene rings is 1. The van der Waals surface area contributed by atoms with E-state index in [1.807, 2.05) is 0 Å². The van der Waals surface area contributed by atoms with Crippen molar-refractivity contribution in [3.63, 3.8) is 0 Å². The lowest BCUT2D eigenvalue weighted by Crippen LogP contribution is -2.40. The molecule has 0 radical (unpaired) electrons. The van der Waals surface area contributed by atoms with Crippen molar-refractivity contribution in [2.45, 2.75) is 16.3 Å². The summed E-state index contributed by atoms with van der Waals surface area (Å²) in [4.78, 5) is 15.8. The molecule has 1 aliphatic heterocycles. The van der Waals surface area contributed by atoms with Crippen LogP contribution in [0, 0.1) is 0 Å². The summed E-state index contributed by atoms with van der Waals surface area (Å²) in [7, 11) is -3.73. The molecule has 1 saturated heterocycles. The van der Waals surface area contributed by atoms with E-state index in [-0.39, 0.29) is 45.7 Å². The molecule has 36 heavy (non-hydrogen) atoms. The number of thioether (sulfide) groups is 1. The zero-order chi connectivity index (χ0) is 25.9. The number of morpholine rings is 1. The third kappa shape index (κ3) is 6.15. The molecule has 0 aliphatic carbocycles. The van der Waals surface area contributed by atoms with Crippen LogP contribution in [0.2, 0.25) is 5.02 Å². The summed E-state index contributed by atoms with van der Waals surface area (Å²) in [6.07, 6.45) is -4.05. The molecule has 2 aromatic heterocycles. The van der Waals surface area contributed by atoms with E-state index >= 15 is 0 Å². The number of amides is 1. The van der Waals surface area contributed by atoms with Gasteiger partial charge in [-0.25, -0.2) is 13.4 Å². The topological polar surface area (TPSA) is 128 Å². The largest absolute Gasteiger partial charge is 0.417 e. The first-order valence-corrected chi connectivity index (χ1v) is 13.0. The number of pyridine rings is 1. The normalized spacial score (nSPS) is 15.1. The van der Waals surface area contributed by atoms with Crippen LogP contribution in [-0.4, -0.2) is 65.9 Å². The van der Waals surface area contributed by atoms with Crippen molar-refractivity contribution in [2.75, 3.05) is 37.4 Å². The molecule has 1 amide bonds. The number of ether oxygens (including phenoxy) is 1. The van der Waals surface area contributed by atoms with Crippen molar-refractivity contribution in [3.8, 4) is 11.5 Å². The lowest BCUT2D eigenvalue weighted by molar-refractivity contribution is -0.137. The van der Waals surface area contributed by atoms with E-state index in [4.69, 9.17) is 20.8 Å². The van der Waals surface area contributed by atoms with E-state index in [0.29, 0.717) is 31.0 Å². The Morgan fingerprint density at radius 1 is 1.19 bits per heavy atom. The van der Waals surface area contributed by atoms with Crippen molar-refractivity contribution in [2.24, 2.45) is 0 Å². The molecule has 1 aromatic carbocycles. The molecule has 3 heterocycles. The summed E-state index contributed by atoms with van der Waals surface area (Å²) in [5.41, 5.74) is -0.672. The van der Waals surface area contributed by atoms with E-state index in [1.54, 1.807) is 12.1 Å². The molecule has 0 bridgehead atoms. The Balaban J connectivity index is 1.39. The summed E-state index contributed by atoms with van der Waals surface area (Å²) < 4.78 is 76.0. The lowest BCUT2D eigenvalue weighted by atomic mass is 10.2. The van der Waals surface area contributed by atoms with Gasteiger partial charge in [-0.1, -0.05) is 29.4 Å². The summed E-state index contributed by atoms with van der Waals surface area (Å²) in [6.45, 7) is 1.14. The maximum absolute atomic E-state index is 12.9. The van der Waals surface area contributed by atoms with Crippen LogP contribution >= 0.6 is 23.4 Å². The van der Waals surface area contributed by atoms with Crippen molar-refractivity contribution in [3.05, 3.63) is 47.1 Å². The highest BCUT2D eigenvalue weighted by atomic mass is 35.5. The van der Waals surface area contributed by atoms with Gasteiger partial charge in [-0.3, -0.25) is 4.79 Å². The first-order valence-electron chi connectivity index (χ1n) is 10.2. The predicted molar refractivity (Wildman–Crippen MR) is 123 cm³/mol. The molecule has 10 nitrogen and oxygen atoms in total. The molecule has 0 atom stereocenters. The number of anilines is 1. The van der Waals surface area contributed by atoms with E-state index in [0.717, 1.165) is 11.8 Å². The number of sulfonamides is 1. The molecule has 1 N–H and O–H groups in total. The third-order valence-corrected chi connectivity index (χ3v) is 7.85. The van der Waals surface area contributed by atoms with Crippen LogP contribution in [0.4, 0.5) is 19.0 Å². The maximum Gasteiger partial charge on any atom is 0.417 e. The number of nitrogens with zero attached hydrogens (tertiary/aromatic N) is 4. The van der Waals surface area contributed by atoms with Gasteiger partial charge in [0.05, 0.1) is 34.4 Å². The molecule has 1 fully saturated rings. The Kier molecular flexibility index (Phi) is 7.85. The molecular weight excluding hydrogens is 547 g/mol. The Morgan fingerprint density at radius 2 is 1.94 bits per heavy atom. The molecule has 0 saturated carbocycles. The van der Waals surface area contributed by atoms with Gasteiger partial charge in [-0.15, -0.1) is 10.2 Å². The van der Waals surface area contributed by atoms with Gasteiger partial charge >= 0.3 is 6.18 Å². The van der Waals surface area contributed by atoms with Crippen LogP contribution in [0.5, 0.6) is 0 Å². The molecule has 4 rings (SSSR count). The van der Waals surface area contributed by atoms with Gasteiger partial charge in [-0.05, 0) is 24.3 Å². The van der Waals surface area contributed by atoms with Gasteiger partial charge in [0.25, 0.3) is 5.22 Å². The average Bonchev–Trinajstić information content (AvgIpc) is 3.33. The van der Waals surface area contributed by atoms with E-state index in [9.17, 15) is 26.4 Å². The SMILES string of the molecule is O=C(CSc1nnc(-c2cccc(S(=O)(=O)N3CCOCC3)c2)o1)Nc1ncc(C(F)(F)F)cc1Cl. The number of aromatic nitrogens is 3. The van der Waals surface area contributed by atoms with Gasteiger partial charge in [0.1, 0.15) is 0 Å². The van der Waals surface area contributed by atoms with Crippen LogP contribution in [-0.2, 0) is 25.7 Å². The number of alkyl halides is 3. The highest BCUT2D eigenvalue weighted by Crippen LogP contribution is 2.32. The molecule has 1 aliphatic rings. The smallest absolute Gasteiger partial charge is 0.411 e. The molecule has 192 valence electrons. The first-order chi connectivity index (χ1) is 17.0. The molecule has 0 spiro atoms. The highest BCUT2D eigenvalue weighted by molar-refractivity contribution is 7.99. The summed E-state index contributed by atoms with van der Waals surface area (Å²) in [5, 5.41) is 9.69. The number of carbonyl (C=O) groups excluding carboxylic acids is 1. The minimum atomic E-state index is -4.61. The van der Waals surface area contributed by atoms with Gasteiger partial charge in [0.2, 0.25) is 21.8 Å². The number of halogens is 4. The maximum atomic E-state index is 12.9. The van der Waals surface area contributed by atoms with Crippen LogP contribution in [0.25, 0.3) is 11.5 Å². The Bertz CT molecular complexity index is 1360. The van der Waals surface area contributed by atoms with E-state index < -0.39 is 27.7 Å². The minimum absolute atomic E-state index is 0.0214. The molecule has 16 heteroatoms. The van der Waals surface area contributed by atoms with Gasteiger partial charge in [0.15, 0.2) is 5.82 Å². The van der Waals surface area contributed by atoms with Crippen molar-refractivity contribution >= 4 is 45.1 Å². The second-order valence-corrected chi connectivity index (χ2v) is 10.6. The highest BCUT2D eigenvalue weighted by Gasteiger charge is 2.32. The van der Waals surface area contributed by atoms with Crippen molar-refractivity contribution < 1.29 is 35.5 Å². The zero-order valence-electron chi connectivity index (χ0n) is 18.2. The average molecular weight is 564 g/mol. The Hall–Kier alpha value is -2.72. The van der Waals surface area contributed by atoms with E-state index in [2.05, 4.69) is 20.5 Å². The summed E-state index contributed by atoms with van der Waals surface area (Å²) in [5.74, 6) is -1.02. The fourth-order valence-electron chi connectivity index (χ4n) is 3.09. The van der Waals surface area contributed by atoms with Crippen LogP contribution in [0.1, 0.15) is 5.56 Å². The summed E-state index contributed by atoms with van der Waals surface area (Å²) >= 11 is 6.65. The van der Waals surface area contributed by atoms with Crippen molar-refractivity contribution in [1.82, 2.24) is 19.5 Å². The molecular formula is C20H17ClF3N5O5S2. The number of carbonyl (C=O) groups is 1. The van der Waals surface area contributed by atoms with Crippen LogP contribution < -0.4 is 5.32 Å². The quantitative estimate of drug-likeness (QED) is 0.429. The zero-order valence-corrected chi connectivity index (χ0v) is 20.5. The fourth-order valence-corrected chi connectivity index (χ4v) is 5.32. The van der Waals surface area contributed by atoms with Gasteiger partial charge < -0.3 is 14.5 Å². The second-order valence-electron chi connectivity index (χ2n) is 7.31. The summed E-state index contributed by atoms with van der Waals surface area (Å²) in [6, 6.07) is 6.69. The van der Waals surface area contributed by atoms with Crippen LogP contribution in [0.15, 0.2) is 51.1 Å². The number of rotatable bonds is 7. The van der Waals surface area contributed by atoms with Crippen molar-refractivity contribution in [1.29, 1.82) is 0 Å². The lowest BCUT2D eigenvalue weighted by Gasteiger charge is -2.26. The standard InChI is InChI=1S/C20H17ClF3N5O5S2/c21-15-9-13(20(22,23)24)10-25-17(15)26-16(30)11-35-19-28-27-18(34-19)12-2-1-3-14(8-12)36(31,32)29-4-6-33-7-5-29/h1-3,8-10H,4-7,11H2,(H,25,26,30). The minimum Gasteiger partial charge on any atom is -0.411 e. The number of hydrogen-bond donors (Lipinski definition) is 1. The molecule has 0 unspecified atom stereocenters. The predicted octanol–water partition coefficient (Wildman–Crippen LogP) is 3.56. The first kappa shape index (κ1) is 26.3. The monoisotopic (exact) mass is 563 g/mol. The van der Waals surface area contributed by atoms with Crippen LogP contribution in [0.3, 0.4) is 0 Å². The fraction of sp³-hybridized carbons (Fsp3) is 0.300. The number of hydrogen-bond acceptors (Lipinski definition) is 9. The Morgan fingerprint density at radius 3 is 2.64 bits per heavy atom. The second kappa shape index (κ2) is 10.7. The third-order valence-electron chi connectivity index (χ3n) is 4.85. The number of nitrogens with one attached hydrogen (secondary N) is 1. The molecule has 3 aromatic rings. The Labute approximate surface area is 212 Å². The van der Waals surface area contributed by atoms with Gasteiger partial charge in [-0.2, -0.15) is 17.5 Å². The van der Waals surface area contributed by atoms with E-state index in [1.165, 1.54) is 16.4 Å².